The average Bonchev–Trinajstić information content (AvgIpc) is 3.28. The molecule has 1 amide bonds. The van der Waals surface area contributed by atoms with Crippen molar-refractivity contribution in [3.63, 3.8) is 0 Å². The zero-order chi connectivity index (χ0) is 23.2. The van der Waals surface area contributed by atoms with E-state index in [1.165, 1.54) is 18.2 Å². The van der Waals surface area contributed by atoms with Crippen LogP contribution in [-0.4, -0.2) is 59.0 Å². The Labute approximate surface area is 191 Å². The second kappa shape index (κ2) is 10.2. The van der Waals surface area contributed by atoms with Crippen molar-refractivity contribution in [2.75, 3.05) is 26.3 Å². The number of carbonyl (C=O) groups is 2. The fraction of sp³-hybridized carbons (Fsp3) is 0.240. The molecular weight excluding hydrogens is 425 g/mol. The number of hydrogen-bond donors (Lipinski definition) is 0. The van der Waals surface area contributed by atoms with Gasteiger partial charge in [-0.3, -0.25) is 4.79 Å². The molecule has 1 saturated heterocycles. The molecule has 1 aliphatic rings. The molecule has 0 spiro atoms. The van der Waals surface area contributed by atoms with Crippen molar-refractivity contribution >= 4 is 18.0 Å². The molecule has 8 heteroatoms. The number of ether oxygens (including phenoxy) is 2. The normalized spacial score (nSPS) is 14.9. The van der Waals surface area contributed by atoms with Gasteiger partial charge in [-0.25, -0.2) is 13.9 Å². The van der Waals surface area contributed by atoms with Crippen LogP contribution in [0.1, 0.15) is 12.5 Å². The molecule has 0 radical (unpaired) electrons. The number of rotatable bonds is 6. The highest BCUT2D eigenvalue weighted by Crippen LogP contribution is 2.25. The number of halogens is 1. The molecule has 0 bridgehead atoms. The molecule has 170 valence electrons. The van der Waals surface area contributed by atoms with E-state index in [1.807, 2.05) is 30.3 Å². The van der Waals surface area contributed by atoms with Gasteiger partial charge in [0, 0.05) is 36.5 Å². The number of benzene rings is 2. The van der Waals surface area contributed by atoms with Crippen LogP contribution in [0, 0.1) is 5.82 Å². The molecule has 1 unspecified atom stereocenters. The topological polar surface area (TPSA) is 73.7 Å². The molecule has 3 aromatic rings. The van der Waals surface area contributed by atoms with E-state index in [0.717, 1.165) is 5.69 Å². The third-order valence-electron chi connectivity index (χ3n) is 5.24. The third kappa shape index (κ3) is 5.53. The lowest BCUT2D eigenvalue weighted by Crippen LogP contribution is -2.45. The van der Waals surface area contributed by atoms with Crippen LogP contribution in [-0.2, 0) is 19.1 Å². The standard InChI is InChI=1S/C25H24FN3O4/c1-18(25(31)28-13-15-32-16-14-28)33-23(30)12-9-20-17-29(22-5-3-2-4-6-22)27-24(20)19-7-10-21(26)11-8-19/h2-12,17-18H,13-16H2,1H3/b12-9+. The van der Waals surface area contributed by atoms with Crippen LogP contribution < -0.4 is 0 Å². The second-order valence-electron chi connectivity index (χ2n) is 7.57. The van der Waals surface area contributed by atoms with Crippen LogP contribution in [0.4, 0.5) is 4.39 Å². The van der Waals surface area contributed by atoms with Gasteiger partial charge >= 0.3 is 5.97 Å². The van der Waals surface area contributed by atoms with Crippen molar-refractivity contribution in [2.24, 2.45) is 0 Å². The summed E-state index contributed by atoms with van der Waals surface area (Å²) >= 11 is 0. The molecule has 1 fully saturated rings. The van der Waals surface area contributed by atoms with Gasteiger partial charge in [-0.05, 0) is 49.4 Å². The molecule has 2 heterocycles. The van der Waals surface area contributed by atoms with Gasteiger partial charge in [-0.2, -0.15) is 5.10 Å². The SMILES string of the molecule is CC(OC(=O)/C=C/c1cn(-c2ccccc2)nc1-c1ccc(F)cc1)C(=O)N1CCOCC1. The van der Waals surface area contributed by atoms with Crippen LogP contribution in [0.3, 0.4) is 0 Å². The van der Waals surface area contributed by atoms with Crippen molar-refractivity contribution in [1.82, 2.24) is 14.7 Å². The molecule has 1 aliphatic heterocycles. The van der Waals surface area contributed by atoms with Crippen LogP contribution in [0.2, 0.25) is 0 Å². The van der Waals surface area contributed by atoms with Crippen molar-refractivity contribution < 1.29 is 23.5 Å². The molecule has 2 aromatic carbocycles. The Bertz CT molecular complexity index is 1140. The summed E-state index contributed by atoms with van der Waals surface area (Å²) in [7, 11) is 0. The van der Waals surface area contributed by atoms with E-state index >= 15 is 0 Å². The summed E-state index contributed by atoms with van der Waals surface area (Å²) in [4.78, 5) is 26.5. The van der Waals surface area contributed by atoms with Gasteiger partial charge in [0.25, 0.3) is 5.91 Å². The third-order valence-corrected chi connectivity index (χ3v) is 5.24. The molecule has 33 heavy (non-hydrogen) atoms. The molecule has 1 aromatic heterocycles. The maximum Gasteiger partial charge on any atom is 0.331 e. The lowest BCUT2D eigenvalue weighted by molar-refractivity contribution is -0.157. The Morgan fingerprint density at radius 2 is 1.79 bits per heavy atom. The summed E-state index contributed by atoms with van der Waals surface area (Å²) in [5.41, 5.74) is 2.78. The average molecular weight is 449 g/mol. The Morgan fingerprint density at radius 1 is 1.09 bits per heavy atom. The number of para-hydroxylation sites is 1. The quantitative estimate of drug-likeness (QED) is 0.426. The van der Waals surface area contributed by atoms with Crippen molar-refractivity contribution in [1.29, 1.82) is 0 Å². The minimum atomic E-state index is -0.899. The largest absolute Gasteiger partial charge is 0.449 e. The number of carbonyl (C=O) groups excluding carboxylic acids is 2. The highest BCUT2D eigenvalue weighted by molar-refractivity contribution is 5.91. The number of nitrogens with zero attached hydrogens (tertiary/aromatic N) is 3. The number of esters is 1. The predicted molar refractivity (Wildman–Crippen MR) is 121 cm³/mol. The van der Waals surface area contributed by atoms with Gasteiger partial charge < -0.3 is 14.4 Å². The fourth-order valence-electron chi connectivity index (χ4n) is 3.52. The first-order valence-electron chi connectivity index (χ1n) is 10.7. The number of aromatic nitrogens is 2. The number of morpholine rings is 1. The summed E-state index contributed by atoms with van der Waals surface area (Å²) in [5, 5.41) is 4.63. The Hall–Kier alpha value is -3.78. The number of hydrogen-bond acceptors (Lipinski definition) is 5. The van der Waals surface area contributed by atoms with E-state index < -0.39 is 12.1 Å². The smallest absolute Gasteiger partial charge is 0.331 e. The molecular formula is C25H24FN3O4. The minimum Gasteiger partial charge on any atom is -0.449 e. The summed E-state index contributed by atoms with van der Waals surface area (Å²) in [6, 6.07) is 15.5. The van der Waals surface area contributed by atoms with Crippen molar-refractivity contribution in [3.8, 4) is 16.9 Å². The highest BCUT2D eigenvalue weighted by Gasteiger charge is 2.24. The molecule has 0 saturated carbocycles. The van der Waals surface area contributed by atoms with E-state index in [-0.39, 0.29) is 11.7 Å². The van der Waals surface area contributed by atoms with Gasteiger partial charge in [-0.1, -0.05) is 18.2 Å². The lowest BCUT2D eigenvalue weighted by Gasteiger charge is -2.28. The Balaban J connectivity index is 1.53. The molecule has 0 aliphatic carbocycles. The first kappa shape index (κ1) is 22.4. The van der Waals surface area contributed by atoms with Crippen LogP contribution >= 0.6 is 0 Å². The van der Waals surface area contributed by atoms with E-state index in [9.17, 15) is 14.0 Å². The summed E-state index contributed by atoms with van der Waals surface area (Å²) in [6.07, 6.45) is 3.73. The molecule has 7 nitrogen and oxygen atoms in total. The highest BCUT2D eigenvalue weighted by atomic mass is 19.1. The first-order chi connectivity index (χ1) is 16.0. The maximum atomic E-state index is 13.4. The molecule has 4 rings (SSSR count). The van der Waals surface area contributed by atoms with Gasteiger partial charge in [0.2, 0.25) is 0 Å². The Morgan fingerprint density at radius 3 is 2.48 bits per heavy atom. The summed E-state index contributed by atoms with van der Waals surface area (Å²) in [5.74, 6) is -1.23. The van der Waals surface area contributed by atoms with E-state index in [0.29, 0.717) is 43.1 Å². The van der Waals surface area contributed by atoms with Crippen LogP contribution in [0.5, 0.6) is 0 Å². The lowest BCUT2D eigenvalue weighted by atomic mass is 10.1. The molecule has 0 N–H and O–H groups in total. The first-order valence-corrected chi connectivity index (χ1v) is 10.7. The van der Waals surface area contributed by atoms with Gasteiger partial charge in [0.05, 0.1) is 24.6 Å². The molecule has 1 atom stereocenters. The minimum absolute atomic E-state index is 0.246. The summed E-state index contributed by atoms with van der Waals surface area (Å²) < 4.78 is 25.6. The Kier molecular flexibility index (Phi) is 6.95. The second-order valence-corrected chi connectivity index (χ2v) is 7.57. The van der Waals surface area contributed by atoms with E-state index in [4.69, 9.17) is 9.47 Å². The number of amides is 1. The van der Waals surface area contributed by atoms with E-state index in [1.54, 1.807) is 40.9 Å². The monoisotopic (exact) mass is 449 g/mol. The zero-order valence-electron chi connectivity index (χ0n) is 18.2. The van der Waals surface area contributed by atoms with Gasteiger partial charge in [-0.15, -0.1) is 0 Å². The van der Waals surface area contributed by atoms with Crippen LogP contribution in [0.15, 0.2) is 66.9 Å². The predicted octanol–water partition coefficient (Wildman–Crippen LogP) is 3.48. The maximum absolute atomic E-state index is 13.4. The van der Waals surface area contributed by atoms with Crippen molar-refractivity contribution in [2.45, 2.75) is 13.0 Å². The zero-order valence-corrected chi connectivity index (χ0v) is 18.2. The van der Waals surface area contributed by atoms with Gasteiger partial charge in [0.15, 0.2) is 6.10 Å². The summed E-state index contributed by atoms with van der Waals surface area (Å²) in [6.45, 7) is 3.47. The van der Waals surface area contributed by atoms with Crippen LogP contribution in [0.25, 0.3) is 23.0 Å². The fourth-order valence-corrected chi connectivity index (χ4v) is 3.52. The van der Waals surface area contributed by atoms with Crippen molar-refractivity contribution in [3.05, 3.63) is 78.3 Å². The van der Waals surface area contributed by atoms with E-state index in [2.05, 4.69) is 5.10 Å². The van der Waals surface area contributed by atoms with Gasteiger partial charge in [0.1, 0.15) is 5.82 Å².